The Labute approximate surface area is 127 Å². The molecular weight excluding hydrogens is 295 g/mol. The van der Waals surface area contributed by atoms with Crippen molar-refractivity contribution in [2.75, 3.05) is 11.1 Å². The maximum absolute atomic E-state index is 11.8. The lowest BCUT2D eigenvalue weighted by molar-refractivity contribution is -0.111. The van der Waals surface area contributed by atoms with Crippen LogP contribution in [0.4, 0.5) is 11.4 Å². The van der Waals surface area contributed by atoms with Crippen molar-refractivity contribution >= 4 is 46.6 Å². The van der Waals surface area contributed by atoms with Gasteiger partial charge in [0.05, 0.1) is 15.7 Å². The number of anilines is 2. The summed E-state index contributed by atoms with van der Waals surface area (Å²) in [5.41, 5.74) is 7.62. The first-order chi connectivity index (χ1) is 9.56. The van der Waals surface area contributed by atoms with Crippen LogP contribution in [-0.2, 0) is 4.79 Å². The lowest BCUT2D eigenvalue weighted by atomic mass is 10.2. The van der Waals surface area contributed by atoms with Crippen LogP contribution in [0.3, 0.4) is 0 Å². The Kier molecular flexibility index (Phi) is 4.66. The molecule has 0 saturated carbocycles. The van der Waals surface area contributed by atoms with Crippen LogP contribution in [0.5, 0.6) is 0 Å². The molecule has 0 aromatic heterocycles. The number of benzene rings is 2. The predicted octanol–water partition coefficient (Wildman–Crippen LogP) is 4.23. The fourth-order valence-corrected chi connectivity index (χ4v) is 1.90. The van der Waals surface area contributed by atoms with Gasteiger partial charge in [-0.2, -0.15) is 0 Å². The third-order valence-electron chi connectivity index (χ3n) is 2.57. The molecule has 20 heavy (non-hydrogen) atoms. The Bertz CT molecular complexity index is 651. The van der Waals surface area contributed by atoms with E-state index in [0.717, 1.165) is 5.56 Å². The minimum Gasteiger partial charge on any atom is -0.399 e. The molecule has 0 aliphatic heterocycles. The first-order valence-corrected chi connectivity index (χ1v) is 6.60. The van der Waals surface area contributed by atoms with Crippen LogP contribution in [0.15, 0.2) is 48.5 Å². The van der Waals surface area contributed by atoms with Gasteiger partial charge in [-0.15, -0.1) is 0 Å². The lowest BCUT2D eigenvalue weighted by Gasteiger charge is -2.05. The molecule has 0 spiro atoms. The van der Waals surface area contributed by atoms with Gasteiger partial charge >= 0.3 is 0 Å². The first-order valence-electron chi connectivity index (χ1n) is 5.85. The fraction of sp³-hybridized carbons (Fsp3) is 0. The van der Waals surface area contributed by atoms with E-state index in [1.807, 2.05) is 12.1 Å². The van der Waals surface area contributed by atoms with E-state index in [2.05, 4.69) is 5.32 Å². The van der Waals surface area contributed by atoms with Crippen molar-refractivity contribution < 1.29 is 4.79 Å². The molecule has 0 atom stereocenters. The van der Waals surface area contributed by atoms with Gasteiger partial charge in [0.15, 0.2) is 0 Å². The number of carbonyl (C=O) groups excluding carboxylic acids is 1. The third-order valence-corrected chi connectivity index (χ3v) is 3.39. The number of nitrogens with one attached hydrogen (secondary N) is 1. The van der Waals surface area contributed by atoms with E-state index in [4.69, 9.17) is 28.9 Å². The van der Waals surface area contributed by atoms with E-state index in [1.54, 1.807) is 36.4 Å². The number of amides is 1. The van der Waals surface area contributed by atoms with Crippen molar-refractivity contribution in [3.05, 3.63) is 64.1 Å². The minimum atomic E-state index is -0.286. The molecule has 0 saturated heterocycles. The number of hydrogen-bond donors (Lipinski definition) is 2. The van der Waals surface area contributed by atoms with Crippen LogP contribution < -0.4 is 11.1 Å². The Hall–Kier alpha value is -1.97. The molecule has 3 N–H and O–H groups in total. The lowest BCUT2D eigenvalue weighted by Crippen LogP contribution is -2.08. The third kappa shape index (κ3) is 3.76. The molecule has 0 heterocycles. The van der Waals surface area contributed by atoms with Crippen molar-refractivity contribution in [1.29, 1.82) is 0 Å². The van der Waals surface area contributed by atoms with Crippen molar-refractivity contribution in [2.24, 2.45) is 0 Å². The summed E-state index contributed by atoms with van der Waals surface area (Å²) in [7, 11) is 0. The molecule has 2 rings (SSSR count). The molecule has 102 valence electrons. The first kappa shape index (κ1) is 14.4. The number of hydrogen-bond acceptors (Lipinski definition) is 2. The van der Waals surface area contributed by atoms with E-state index >= 15 is 0 Å². The van der Waals surface area contributed by atoms with Gasteiger partial charge in [0, 0.05) is 11.8 Å². The minimum absolute atomic E-state index is 0.286. The smallest absolute Gasteiger partial charge is 0.248 e. The zero-order valence-corrected chi connectivity index (χ0v) is 11.9. The fourth-order valence-electron chi connectivity index (χ4n) is 1.55. The van der Waals surface area contributed by atoms with Crippen LogP contribution in [0.25, 0.3) is 6.08 Å². The van der Waals surface area contributed by atoms with Crippen molar-refractivity contribution in [1.82, 2.24) is 0 Å². The predicted molar refractivity (Wildman–Crippen MR) is 85.0 cm³/mol. The average molecular weight is 307 g/mol. The van der Waals surface area contributed by atoms with Gasteiger partial charge < -0.3 is 11.1 Å². The van der Waals surface area contributed by atoms with Gasteiger partial charge in [0.2, 0.25) is 5.91 Å². The Morgan fingerprint density at radius 3 is 2.50 bits per heavy atom. The summed E-state index contributed by atoms with van der Waals surface area (Å²) in [6, 6.07) is 12.2. The summed E-state index contributed by atoms with van der Waals surface area (Å²) in [5.74, 6) is -0.286. The Balaban J connectivity index is 2.05. The highest BCUT2D eigenvalue weighted by atomic mass is 35.5. The second kappa shape index (κ2) is 6.46. The van der Waals surface area contributed by atoms with Gasteiger partial charge in [-0.3, -0.25) is 4.79 Å². The number of carbonyl (C=O) groups is 1. The van der Waals surface area contributed by atoms with E-state index in [-0.39, 0.29) is 5.91 Å². The van der Waals surface area contributed by atoms with Crippen molar-refractivity contribution in [3.8, 4) is 0 Å². The van der Waals surface area contributed by atoms with Gasteiger partial charge in [-0.05, 0) is 35.9 Å². The molecule has 0 fully saturated rings. The maximum atomic E-state index is 11.8. The van der Waals surface area contributed by atoms with Crippen LogP contribution in [0.1, 0.15) is 5.56 Å². The van der Waals surface area contributed by atoms with Crippen molar-refractivity contribution in [3.63, 3.8) is 0 Å². The van der Waals surface area contributed by atoms with E-state index < -0.39 is 0 Å². The molecule has 1 amide bonds. The molecule has 2 aromatic carbocycles. The molecule has 0 bridgehead atoms. The molecular formula is C15H12Cl2N2O. The Morgan fingerprint density at radius 1 is 1.10 bits per heavy atom. The zero-order valence-electron chi connectivity index (χ0n) is 10.4. The summed E-state index contributed by atoms with van der Waals surface area (Å²) in [6.45, 7) is 0. The molecule has 0 aliphatic carbocycles. The standard InChI is InChI=1S/C15H12Cl2N2O/c16-12-2-1-3-13(15(12)17)19-14(20)9-6-10-4-7-11(18)8-5-10/h1-9H,18H2,(H,19,20)/b9-6+. The Morgan fingerprint density at radius 2 is 1.80 bits per heavy atom. The number of nitrogens with two attached hydrogens (primary N) is 1. The number of halogens is 2. The van der Waals surface area contributed by atoms with Crippen molar-refractivity contribution in [2.45, 2.75) is 0 Å². The monoisotopic (exact) mass is 306 g/mol. The number of rotatable bonds is 3. The quantitative estimate of drug-likeness (QED) is 0.658. The zero-order chi connectivity index (χ0) is 14.5. The summed E-state index contributed by atoms with van der Waals surface area (Å²) >= 11 is 11.9. The van der Waals surface area contributed by atoms with E-state index in [1.165, 1.54) is 6.08 Å². The van der Waals surface area contributed by atoms with Gasteiger partial charge in [-0.25, -0.2) is 0 Å². The highest BCUT2D eigenvalue weighted by Gasteiger charge is 2.05. The SMILES string of the molecule is Nc1ccc(/C=C/C(=O)Nc2cccc(Cl)c2Cl)cc1. The number of nitrogen functional groups attached to an aromatic ring is 1. The summed E-state index contributed by atoms with van der Waals surface area (Å²) < 4.78 is 0. The topological polar surface area (TPSA) is 55.1 Å². The highest BCUT2D eigenvalue weighted by Crippen LogP contribution is 2.29. The second-order valence-corrected chi connectivity index (χ2v) is 4.88. The molecule has 3 nitrogen and oxygen atoms in total. The van der Waals surface area contributed by atoms with E-state index in [0.29, 0.717) is 21.4 Å². The van der Waals surface area contributed by atoms with E-state index in [9.17, 15) is 4.79 Å². The van der Waals surface area contributed by atoms with Crippen LogP contribution in [0, 0.1) is 0 Å². The molecule has 0 unspecified atom stereocenters. The highest BCUT2D eigenvalue weighted by molar-refractivity contribution is 6.44. The summed E-state index contributed by atoms with van der Waals surface area (Å²) in [5, 5.41) is 3.38. The molecule has 5 heteroatoms. The largest absolute Gasteiger partial charge is 0.399 e. The maximum Gasteiger partial charge on any atom is 0.248 e. The van der Waals surface area contributed by atoms with Crippen LogP contribution in [0.2, 0.25) is 10.0 Å². The summed E-state index contributed by atoms with van der Waals surface area (Å²) in [6.07, 6.45) is 3.11. The normalized spacial score (nSPS) is 10.7. The second-order valence-electron chi connectivity index (χ2n) is 4.09. The van der Waals surface area contributed by atoms with Gasteiger partial charge in [-0.1, -0.05) is 41.4 Å². The molecule has 0 radical (unpaired) electrons. The van der Waals surface area contributed by atoms with Crippen LogP contribution >= 0.6 is 23.2 Å². The van der Waals surface area contributed by atoms with Gasteiger partial charge in [0.1, 0.15) is 0 Å². The summed E-state index contributed by atoms with van der Waals surface area (Å²) in [4.78, 5) is 11.8. The van der Waals surface area contributed by atoms with Crippen LogP contribution in [-0.4, -0.2) is 5.91 Å². The average Bonchev–Trinajstić information content (AvgIpc) is 2.43. The molecule has 0 aliphatic rings. The molecule has 2 aromatic rings. The van der Waals surface area contributed by atoms with Gasteiger partial charge in [0.25, 0.3) is 0 Å².